The normalized spacial score (nSPS) is 9.74. The lowest BCUT2D eigenvalue weighted by atomic mass is 10.2. The molecule has 6 heteroatoms. The minimum Gasteiger partial charge on any atom is -0.322 e. The van der Waals surface area contributed by atoms with Gasteiger partial charge in [0.25, 0.3) is 5.91 Å². The van der Waals surface area contributed by atoms with E-state index in [2.05, 4.69) is 10.3 Å². The fraction of sp³-hybridized carbons (Fsp3) is 0. The number of benzene rings is 1. The summed E-state index contributed by atoms with van der Waals surface area (Å²) < 4.78 is 13.1. The van der Waals surface area contributed by atoms with Crippen LogP contribution >= 0.6 is 11.6 Å². The first-order chi connectivity index (χ1) is 9.11. The van der Waals surface area contributed by atoms with Gasteiger partial charge in [0.05, 0.1) is 11.1 Å². The Balaban J connectivity index is 2.25. The highest BCUT2D eigenvalue weighted by atomic mass is 35.5. The number of carbonyl (C=O) groups excluding carboxylic acids is 1. The Morgan fingerprint density at radius 3 is 2.89 bits per heavy atom. The van der Waals surface area contributed by atoms with E-state index >= 15 is 0 Å². The summed E-state index contributed by atoms with van der Waals surface area (Å²) >= 11 is 5.78. The summed E-state index contributed by atoms with van der Waals surface area (Å²) in [7, 11) is 0. The first-order valence-electron chi connectivity index (χ1n) is 5.23. The molecule has 0 aliphatic rings. The number of hydrogen-bond acceptors (Lipinski definition) is 3. The molecule has 0 atom stereocenters. The van der Waals surface area contributed by atoms with Crippen LogP contribution in [0.3, 0.4) is 0 Å². The molecule has 1 aromatic carbocycles. The van der Waals surface area contributed by atoms with Crippen molar-refractivity contribution in [2.24, 2.45) is 0 Å². The van der Waals surface area contributed by atoms with Gasteiger partial charge in [-0.25, -0.2) is 9.37 Å². The van der Waals surface area contributed by atoms with Crippen molar-refractivity contribution in [2.75, 3.05) is 5.32 Å². The lowest BCUT2D eigenvalue weighted by Crippen LogP contribution is -2.13. The highest BCUT2D eigenvalue weighted by Crippen LogP contribution is 2.17. The zero-order chi connectivity index (χ0) is 13.8. The van der Waals surface area contributed by atoms with Gasteiger partial charge in [-0.3, -0.25) is 4.79 Å². The molecule has 1 aromatic heterocycles. The zero-order valence-corrected chi connectivity index (χ0v) is 10.3. The SMILES string of the molecule is N#Cc1cc(NC(=O)c2cccnc2Cl)ccc1F. The molecule has 2 rings (SSSR count). The summed E-state index contributed by atoms with van der Waals surface area (Å²) in [6, 6.07) is 8.50. The van der Waals surface area contributed by atoms with E-state index in [0.29, 0.717) is 5.69 Å². The number of nitrogens with zero attached hydrogens (tertiary/aromatic N) is 2. The minimum atomic E-state index is -0.639. The fourth-order valence-electron chi connectivity index (χ4n) is 1.44. The number of anilines is 1. The molecule has 0 bridgehead atoms. The van der Waals surface area contributed by atoms with Gasteiger partial charge in [0.1, 0.15) is 17.0 Å². The predicted molar refractivity (Wildman–Crippen MR) is 68.3 cm³/mol. The Labute approximate surface area is 113 Å². The first kappa shape index (κ1) is 13.0. The summed E-state index contributed by atoms with van der Waals surface area (Å²) in [5.41, 5.74) is 0.366. The second-order valence-corrected chi connectivity index (χ2v) is 3.96. The van der Waals surface area contributed by atoms with Crippen molar-refractivity contribution >= 4 is 23.2 Å². The number of rotatable bonds is 2. The topological polar surface area (TPSA) is 65.8 Å². The molecule has 1 amide bonds. The predicted octanol–water partition coefficient (Wildman–Crippen LogP) is 3.00. The molecule has 0 radical (unpaired) electrons. The molecule has 0 aliphatic carbocycles. The molecule has 4 nitrogen and oxygen atoms in total. The molecule has 0 aliphatic heterocycles. The molecule has 0 spiro atoms. The summed E-state index contributed by atoms with van der Waals surface area (Å²) in [6.07, 6.45) is 1.46. The van der Waals surface area contributed by atoms with Crippen LogP contribution in [0.2, 0.25) is 5.15 Å². The Morgan fingerprint density at radius 2 is 2.21 bits per heavy atom. The number of carbonyl (C=O) groups is 1. The third-order valence-electron chi connectivity index (χ3n) is 2.35. The Hall–Kier alpha value is -2.45. The van der Waals surface area contributed by atoms with Crippen LogP contribution < -0.4 is 5.32 Å². The van der Waals surface area contributed by atoms with Crippen molar-refractivity contribution in [3.8, 4) is 6.07 Å². The molecule has 2 aromatic rings. The third-order valence-corrected chi connectivity index (χ3v) is 2.65. The van der Waals surface area contributed by atoms with Crippen LogP contribution in [0.15, 0.2) is 36.5 Å². The van der Waals surface area contributed by atoms with Crippen LogP contribution in [-0.4, -0.2) is 10.9 Å². The summed E-state index contributed by atoms with van der Waals surface area (Å²) in [6.45, 7) is 0. The number of amides is 1. The Bertz CT molecular complexity index is 682. The van der Waals surface area contributed by atoms with Crippen LogP contribution in [0.25, 0.3) is 0 Å². The molecular weight excluding hydrogens is 269 g/mol. The summed E-state index contributed by atoms with van der Waals surface area (Å²) in [5.74, 6) is -1.12. The van der Waals surface area contributed by atoms with Gasteiger partial charge in [-0.2, -0.15) is 5.26 Å². The monoisotopic (exact) mass is 275 g/mol. The average Bonchev–Trinajstić information content (AvgIpc) is 2.41. The molecule has 0 unspecified atom stereocenters. The smallest absolute Gasteiger partial charge is 0.258 e. The largest absolute Gasteiger partial charge is 0.322 e. The maximum Gasteiger partial charge on any atom is 0.258 e. The molecule has 0 saturated carbocycles. The standard InChI is InChI=1S/C13H7ClFN3O/c14-12-10(2-1-5-17-12)13(19)18-9-3-4-11(15)8(6-9)7-16/h1-6H,(H,18,19). The number of aromatic nitrogens is 1. The van der Waals surface area contributed by atoms with E-state index < -0.39 is 11.7 Å². The minimum absolute atomic E-state index is 0.0719. The zero-order valence-electron chi connectivity index (χ0n) is 9.52. The summed E-state index contributed by atoms with van der Waals surface area (Å²) in [5, 5.41) is 11.3. The second kappa shape index (κ2) is 5.46. The lowest BCUT2D eigenvalue weighted by Gasteiger charge is -2.06. The molecular formula is C13H7ClFN3O. The number of pyridine rings is 1. The molecule has 0 saturated heterocycles. The van der Waals surface area contributed by atoms with Gasteiger partial charge in [-0.05, 0) is 30.3 Å². The van der Waals surface area contributed by atoms with Crippen molar-refractivity contribution in [1.29, 1.82) is 5.26 Å². The van der Waals surface area contributed by atoms with E-state index in [-0.39, 0.29) is 16.3 Å². The Morgan fingerprint density at radius 1 is 1.42 bits per heavy atom. The lowest BCUT2D eigenvalue weighted by molar-refractivity contribution is 0.102. The highest BCUT2D eigenvalue weighted by molar-refractivity contribution is 6.33. The number of nitrogens with one attached hydrogen (secondary N) is 1. The van der Waals surface area contributed by atoms with Crippen molar-refractivity contribution in [2.45, 2.75) is 0 Å². The van der Waals surface area contributed by atoms with E-state index in [1.807, 2.05) is 0 Å². The van der Waals surface area contributed by atoms with Gasteiger partial charge in [0.15, 0.2) is 0 Å². The van der Waals surface area contributed by atoms with Gasteiger partial charge in [-0.15, -0.1) is 0 Å². The van der Waals surface area contributed by atoms with E-state index in [4.69, 9.17) is 16.9 Å². The third kappa shape index (κ3) is 2.87. The van der Waals surface area contributed by atoms with Gasteiger partial charge >= 0.3 is 0 Å². The van der Waals surface area contributed by atoms with Crippen molar-refractivity contribution in [3.05, 3.63) is 58.6 Å². The Kier molecular flexibility index (Phi) is 3.74. The molecule has 1 N–H and O–H groups in total. The van der Waals surface area contributed by atoms with Crippen molar-refractivity contribution in [1.82, 2.24) is 4.98 Å². The van der Waals surface area contributed by atoms with Crippen LogP contribution in [0, 0.1) is 17.1 Å². The van der Waals surface area contributed by atoms with E-state index in [1.54, 1.807) is 12.1 Å². The number of nitriles is 1. The van der Waals surface area contributed by atoms with E-state index in [1.165, 1.54) is 24.4 Å². The fourth-order valence-corrected chi connectivity index (χ4v) is 1.65. The van der Waals surface area contributed by atoms with E-state index in [0.717, 1.165) is 6.07 Å². The van der Waals surface area contributed by atoms with Crippen LogP contribution in [0.4, 0.5) is 10.1 Å². The van der Waals surface area contributed by atoms with Gasteiger partial charge in [0.2, 0.25) is 0 Å². The van der Waals surface area contributed by atoms with E-state index in [9.17, 15) is 9.18 Å². The van der Waals surface area contributed by atoms with Crippen molar-refractivity contribution in [3.63, 3.8) is 0 Å². The quantitative estimate of drug-likeness (QED) is 0.857. The highest BCUT2D eigenvalue weighted by Gasteiger charge is 2.11. The number of halogens is 2. The maximum atomic E-state index is 13.1. The van der Waals surface area contributed by atoms with Gasteiger partial charge in [0, 0.05) is 11.9 Å². The van der Waals surface area contributed by atoms with Crippen molar-refractivity contribution < 1.29 is 9.18 Å². The first-order valence-corrected chi connectivity index (χ1v) is 5.61. The molecule has 0 fully saturated rings. The average molecular weight is 276 g/mol. The van der Waals surface area contributed by atoms with Crippen LogP contribution in [0.1, 0.15) is 15.9 Å². The van der Waals surface area contributed by atoms with Gasteiger partial charge in [-0.1, -0.05) is 11.6 Å². The van der Waals surface area contributed by atoms with Crippen LogP contribution in [-0.2, 0) is 0 Å². The molecule has 94 valence electrons. The molecule has 1 heterocycles. The van der Waals surface area contributed by atoms with Gasteiger partial charge < -0.3 is 5.32 Å². The maximum absolute atomic E-state index is 13.1. The second-order valence-electron chi connectivity index (χ2n) is 3.60. The van der Waals surface area contributed by atoms with Crippen LogP contribution in [0.5, 0.6) is 0 Å². The summed E-state index contributed by atoms with van der Waals surface area (Å²) in [4.78, 5) is 15.7. The molecule has 19 heavy (non-hydrogen) atoms. The number of hydrogen-bond donors (Lipinski definition) is 1.